The van der Waals surface area contributed by atoms with Crippen LogP contribution in [0.3, 0.4) is 0 Å². The van der Waals surface area contributed by atoms with Crippen LogP contribution in [0.4, 0.5) is 0 Å². The standard InChI is InChI=1S/C17H26N2S/c1-9(16-10(2)20-11(3)19-16)18-17-14-5-12-4-13(7-14)8-15(17)6-12/h9,12-15,17-18H,4-8H2,1-3H3. The van der Waals surface area contributed by atoms with E-state index in [1.165, 1.54) is 41.3 Å². The third-order valence-corrected chi connectivity index (χ3v) is 6.92. The molecule has 0 amide bonds. The summed E-state index contributed by atoms with van der Waals surface area (Å²) in [6.45, 7) is 6.65. The van der Waals surface area contributed by atoms with Crippen molar-refractivity contribution in [3.05, 3.63) is 15.6 Å². The first-order valence-electron chi connectivity index (χ1n) is 8.30. The normalized spacial score (nSPS) is 40.2. The summed E-state index contributed by atoms with van der Waals surface area (Å²) in [5.41, 5.74) is 1.29. The molecule has 4 aliphatic rings. The Bertz CT molecular complexity index is 479. The van der Waals surface area contributed by atoms with Crippen molar-refractivity contribution in [1.29, 1.82) is 0 Å². The minimum atomic E-state index is 0.419. The average molecular weight is 290 g/mol. The van der Waals surface area contributed by atoms with Gasteiger partial charge in [0.1, 0.15) is 0 Å². The SMILES string of the molecule is Cc1nc(C(C)NC2C3CC4CC(C3)CC2C4)c(C)s1. The van der Waals surface area contributed by atoms with Gasteiger partial charge in [0.05, 0.1) is 10.7 Å². The molecule has 1 aromatic rings. The van der Waals surface area contributed by atoms with Gasteiger partial charge in [0.25, 0.3) is 0 Å². The molecule has 1 unspecified atom stereocenters. The van der Waals surface area contributed by atoms with Crippen molar-refractivity contribution < 1.29 is 0 Å². The van der Waals surface area contributed by atoms with E-state index in [9.17, 15) is 0 Å². The van der Waals surface area contributed by atoms with Gasteiger partial charge in [0.2, 0.25) is 0 Å². The molecule has 4 bridgehead atoms. The summed E-state index contributed by atoms with van der Waals surface area (Å²) in [7, 11) is 0. The van der Waals surface area contributed by atoms with E-state index in [4.69, 9.17) is 4.98 Å². The number of nitrogens with one attached hydrogen (secondary N) is 1. The summed E-state index contributed by atoms with van der Waals surface area (Å²) in [6, 6.07) is 1.18. The van der Waals surface area contributed by atoms with Crippen LogP contribution >= 0.6 is 11.3 Å². The van der Waals surface area contributed by atoms with E-state index in [-0.39, 0.29) is 0 Å². The van der Waals surface area contributed by atoms with E-state index in [1.807, 2.05) is 11.3 Å². The van der Waals surface area contributed by atoms with Crippen molar-refractivity contribution in [2.75, 3.05) is 0 Å². The van der Waals surface area contributed by atoms with Gasteiger partial charge in [-0.3, -0.25) is 0 Å². The second-order valence-electron chi connectivity index (χ2n) is 7.52. The molecular formula is C17H26N2S. The minimum absolute atomic E-state index is 0.419. The zero-order chi connectivity index (χ0) is 13.9. The van der Waals surface area contributed by atoms with Gasteiger partial charge in [-0.15, -0.1) is 11.3 Å². The highest BCUT2D eigenvalue weighted by Gasteiger charge is 2.48. The number of aromatic nitrogens is 1. The van der Waals surface area contributed by atoms with E-state index in [0.717, 1.165) is 29.7 Å². The third kappa shape index (κ3) is 2.14. The highest BCUT2D eigenvalue weighted by molar-refractivity contribution is 7.11. The zero-order valence-electron chi connectivity index (χ0n) is 12.9. The molecular weight excluding hydrogens is 264 g/mol. The molecule has 110 valence electrons. The molecule has 0 spiro atoms. The van der Waals surface area contributed by atoms with Gasteiger partial charge in [-0.2, -0.15) is 0 Å². The van der Waals surface area contributed by atoms with E-state index in [1.54, 1.807) is 6.42 Å². The van der Waals surface area contributed by atoms with E-state index >= 15 is 0 Å². The third-order valence-electron chi connectivity index (χ3n) is 6.02. The van der Waals surface area contributed by atoms with Crippen molar-refractivity contribution in [1.82, 2.24) is 10.3 Å². The lowest BCUT2D eigenvalue weighted by atomic mass is 9.54. The predicted molar refractivity (Wildman–Crippen MR) is 84.0 cm³/mol. The van der Waals surface area contributed by atoms with Crippen LogP contribution in [0.5, 0.6) is 0 Å². The van der Waals surface area contributed by atoms with Crippen LogP contribution < -0.4 is 5.32 Å². The molecule has 0 saturated heterocycles. The monoisotopic (exact) mass is 290 g/mol. The minimum Gasteiger partial charge on any atom is -0.305 e. The van der Waals surface area contributed by atoms with Crippen LogP contribution in [-0.4, -0.2) is 11.0 Å². The zero-order valence-corrected chi connectivity index (χ0v) is 13.7. The van der Waals surface area contributed by atoms with Gasteiger partial charge in [-0.05, 0) is 76.5 Å². The number of rotatable bonds is 3. The Balaban J connectivity index is 1.50. The largest absolute Gasteiger partial charge is 0.305 e. The Kier molecular flexibility index (Phi) is 3.19. The Hall–Kier alpha value is -0.410. The number of aryl methyl sites for hydroxylation is 2. The van der Waals surface area contributed by atoms with Crippen LogP contribution in [0.1, 0.15) is 60.6 Å². The molecule has 0 aromatic carbocycles. The fraction of sp³-hybridized carbons (Fsp3) is 0.824. The summed E-state index contributed by atoms with van der Waals surface area (Å²) in [5, 5.41) is 5.18. The van der Waals surface area contributed by atoms with Crippen molar-refractivity contribution in [3.8, 4) is 0 Å². The maximum absolute atomic E-state index is 4.75. The fourth-order valence-electron chi connectivity index (χ4n) is 5.51. The Labute approximate surface area is 126 Å². The first-order chi connectivity index (χ1) is 9.60. The summed E-state index contributed by atoms with van der Waals surface area (Å²) in [6.07, 6.45) is 7.51. The highest BCUT2D eigenvalue weighted by atomic mass is 32.1. The van der Waals surface area contributed by atoms with Crippen LogP contribution in [0.2, 0.25) is 0 Å². The summed E-state index contributed by atoms with van der Waals surface area (Å²) < 4.78 is 0. The van der Waals surface area contributed by atoms with E-state index in [2.05, 4.69) is 26.1 Å². The lowest BCUT2D eigenvalue weighted by Crippen LogP contribution is -2.54. The molecule has 1 aromatic heterocycles. The number of thiazole rings is 1. The van der Waals surface area contributed by atoms with Crippen molar-refractivity contribution in [2.45, 2.75) is 65.0 Å². The Morgan fingerprint density at radius 2 is 1.65 bits per heavy atom. The van der Waals surface area contributed by atoms with Crippen LogP contribution in [0.15, 0.2) is 0 Å². The smallest absolute Gasteiger partial charge is 0.0900 e. The summed E-state index contributed by atoms with van der Waals surface area (Å²) in [5.74, 6) is 4.03. The molecule has 4 fully saturated rings. The summed E-state index contributed by atoms with van der Waals surface area (Å²) in [4.78, 5) is 6.14. The van der Waals surface area contributed by atoms with Crippen molar-refractivity contribution >= 4 is 11.3 Å². The topological polar surface area (TPSA) is 24.9 Å². The van der Waals surface area contributed by atoms with Gasteiger partial charge in [-0.25, -0.2) is 4.98 Å². The van der Waals surface area contributed by atoms with Gasteiger partial charge in [-0.1, -0.05) is 0 Å². The Morgan fingerprint density at radius 3 is 2.15 bits per heavy atom. The molecule has 4 saturated carbocycles. The number of hydrogen-bond acceptors (Lipinski definition) is 3. The molecule has 4 aliphatic carbocycles. The first kappa shape index (κ1) is 13.3. The van der Waals surface area contributed by atoms with Gasteiger partial charge < -0.3 is 5.32 Å². The van der Waals surface area contributed by atoms with E-state index < -0.39 is 0 Å². The first-order valence-corrected chi connectivity index (χ1v) is 9.11. The van der Waals surface area contributed by atoms with Crippen molar-refractivity contribution in [2.24, 2.45) is 23.7 Å². The fourth-order valence-corrected chi connectivity index (χ4v) is 6.43. The molecule has 20 heavy (non-hydrogen) atoms. The predicted octanol–water partition coefficient (Wildman–Crippen LogP) is 4.24. The lowest BCUT2D eigenvalue weighted by molar-refractivity contribution is -0.0172. The molecule has 1 heterocycles. The van der Waals surface area contributed by atoms with Crippen LogP contribution in [0, 0.1) is 37.5 Å². The maximum atomic E-state index is 4.75. The molecule has 3 heteroatoms. The van der Waals surface area contributed by atoms with Gasteiger partial charge in [0.15, 0.2) is 0 Å². The van der Waals surface area contributed by atoms with Crippen molar-refractivity contribution in [3.63, 3.8) is 0 Å². The lowest BCUT2D eigenvalue weighted by Gasteiger charge is -2.55. The molecule has 0 radical (unpaired) electrons. The molecule has 2 nitrogen and oxygen atoms in total. The Morgan fingerprint density at radius 1 is 1.05 bits per heavy atom. The molecule has 1 atom stereocenters. The average Bonchev–Trinajstić information content (AvgIpc) is 2.72. The second kappa shape index (κ2) is 4.81. The number of nitrogens with zero attached hydrogens (tertiary/aromatic N) is 1. The van der Waals surface area contributed by atoms with E-state index in [0.29, 0.717) is 6.04 Å². The van der Waals surface area contributed by atoms with Gasteiger partial charge >= 0.3 is 0 Å². The maximum Gasteiger partial charge on any atom is 0.0900 e. The molecule has 5 rings (SSSR count). The molecule has 1 N–H and O–H groups in total. The summed E-state index contributed by atoms with van der Waals surface area (Å²) >= 11 is 1.84. The number of hydrogen-bond donors (Lipinski definition) is 1. The second-order valence-corrected chi connectivity index (χ2v) is 8.93. The molecule has 0 aliphatic heterocycles. The van der Waals surface area contributed by atoms with Gasteiger partial charge in [0, 0.05) is 17.0 Å². The van der Waals surface area contributed by atoms with Crippen LogP contribution in [-0.2, 0) is 0 Å². The highest BCUT2D eigenvalue weighted by Crippen LogP contribution is 2.54. The quantitative estimate of drug-likeness (QED) is 0.901. The van der Waals surface area contributed by atoms with Crippen LogP contribution in [0.25, 0.3) is 0 Å².